The molecule has 0 fully saturated rings. The van der Waals surface area contributed by atoms with Gasteiger partial charge in [-0.05, 0) is 56.6 Å². The lowest BCUT2D eigenvalue weighted by Crippen LogP contribution is -2.11. The number of rotatable bonds is 5. The van der Waals surface area contributed by atoms with Crippen LogP contribution < -0.4 is 10.1 Å². The zero-order valence-electron chi connectivity index (χ0n) is 15.9. The van der Waals surface area contributed by atoms with Crippen LogP contribution in [0.1, 0.15) is 26.8 Å². The molecule has 0 aliphatic carbocycles. The van der Waals surface area contributed by atoms with Gasteiger partial charge in [-0.2, -0.15) is 0 Å². The topological polar surface area (TPSA) is 108 Å². The van der Waals surface area contributed by atoms with Crippen LogP contribution in [-0.2, 0) is 0 Å². The summed E-state index contributed by atoms with van der Waals surface area (Å²) in [7, 11) is 0. The minimum absolute atomic E-state index is 0.238. The first-order valence-electron chi connectivity index (χ1n) is 8.72. The van der Waals surface area contributed by atoms with Crippen LogP contribution in [0.15, 0.2) is 43.0 Å². The summed E-state index contributed by atoms with van der Waals surface area (Å²) in [4.78, 5) is 25.5. The summed E-state index contributed by atoms with van der Waals surface area (Å²) in [5, 5.41) is 6.66. The van der Waals surface area contributed by atoms with Crippen LogP contribution in [-0.4, -0.2) is 35.0 Å². The van der Waals surface area contributed by atoms with Gasteiger partial charge in [0.2, 0.25) is 5.88 Å². The Labute approximate surface area is 170 Å². The maximum absolute atomic E-state index is 12.2. The number of carbonyl (C=O) groups is 1. The Balaban J connectivity index is 1.47. The Hall–Kier alpha value is -3.66. The summed E-state index contributed by atoms with van der Waals surface area (Å²) in [5.41, 5.74) is 3.19. The smallest absolute Gasteiger partial charge is 0.269 e. The lowest BCUT2D eigenvalue weighted by atomic mass is 10.3. The van der Waals surface area contributed by atoms with Crippen LogP contribution >= 0.6 is 11.5 Å². The molecule has 3 aromatic heterocycles. The number of aromatic nitrogens is 6. The number of nitrogens with one attached hydrogen (secondary N) is 1. The van der Waals surface area contributed by atoms with Crippen LogP contribution in [0.3, 0.4) is 0 Å². The number of hydrogen-bond acceptors (Lipinski definition) is 8. The summed E-state index contributed by atoms with van der Waals surface area (Å²) in [6, 6.07) is 8.75. The molecule has 0 spiro atoms. The van der Waals surface area contributed by atoms with E-state index in [-0.39, 0.29) is 5.91 Å². The highest BCUT2D eigenvalue weighted by Crippen LogP contribution is 2.23. The number of aryl methyl sites for hydroxylation is 2. The van der Waals surface area contributed by atoms with E-state index >= 15 is 0 Å². The van der Waals surface area contributed by atoms with E-state index in [9.17, 15) is 4.79 Å². The van der Waals surface area contributed by atoms with E-state index in [4.69, 9.17) is 4.74 Å². The highest BCUT2D eigenvalue weighted by atomic mass is 32.1. The minimum atomic E-state index is -0.238. The first-order chi connectivity index (χ1) is 14.0. The van der Waals surface area contributed by atoms with Gasteiger partial charge in [0.1, 0.15) is 29.1 Å². The third-order valence-electron chi connectivity index (χ3n) is 4.32. The van der Waals surface area contributed by atoms with Crippen molar-refractivity contribution in [2.24, 2.45) is 0 Å². The average molecular weight is 407 g/mol. The van der Waals surface area contributed by atoms with Crippen molar-refractivity contribution in [3.05, 3.63) is 64.9 Å². The zero-order chi connectivity index (χ0) is 20.4. The molecule has 1 N–H and O–H groups in total. The van der Waals surface area contributed by atoms with Gasteiger partial charge in [-0.15, -0.1) is 5.10 Å². The van der Waals surface area contributed by atoms with Gasteiger partial charge in [0.15, 0.2) is 0 Å². The molecule has 0 radical (unpaired) electrons. The summed E-state index contributed by atoms with van der Waals surface area (Å²) in [6.45, 7) is 5.66. The molecule has 29 heavy (non-hydrogen) atoms. The lowest BCUT2D eigenvalue weighted by Gasteiger charge is -2.09. The van der Waals surface area contributed by atoms with Crippen molar-refractivity contribution in [2.75, 3.05) is 5.32 Å². The standard InChI is InChI=1S/C19H17N7O2S/c1-11-13(3)26(10-22-11)16-8-17(21-9-20-16)28-15-6-4-14(5-7-15)23-19(27)18-12(2)24-25-29-18/h4-10H,1-3H3,(H,23,27). The second kappa shape index (κ2) is 7.76. The summed E-state index contributed by atoms with van der Waals surface area (Å²) >= 11 is 1.07. The Morgan fingerprint density at radius 3 is 2.52 bits per heavy atom. The number of hydrogen-bond donors (Lipinski definition) is 1. The van der Waals surface area contributed by atoms with Gasteiger partial charge in [-0.1, -0.05) is 4.49 Å². The molecular formula is C19H17N7O2S. The van der Waals surface area contributed by atoms with E-state index in [2.05, 4.69) is 29.9 Å². The van der Waals surface area contributed by atoms with Crippen LogP contribution in [0, 0.1) is 20.8 Å². The number of anilines is 1. The van der Waals surface area contributed by atoms with E-state index in [1.165, 1.54) is 6.33 Å². The van der Waals surface area contributed by atoms with Crippen molar-refractivity contribution < 1.29 is 9.53 Å². The molecule has 9 nitrogen and oxygen atoms in total. The van der Waals surface area contributed by atoms with Gasteiger partial charge in [-0.3, -0.25) is 9.36 Å². The third kappa shape index (κ3) is 3.97. The van der Waals surface area contributed by atoms with Gasteiger partial charge in [0.05, 0.1) is 11.4 Å². The van der Waals surface area contributed by atoms with Gasteiger partial charge in [-0.25, -0.2) is 15.0 Å². The number of nitrogens with zero attached hydrogens (tertiary/aromatic N) is 6. The molecule has 0 atom stereocenters. The van der Waals surface area contributed by atoms with Crippen molar-refractivity contribution in [1.82, 2.24) is 29.1 Å². The third-order valence-corrected chi connectivity index (χ3v) is 5.15. The quantitative estimate of drug-likeness (QED) is 0.539. The van der Waals surface area contributed by atoms with E-state index < -0.39 is 0 Å². The van der Waals surface area contributed by atoms with E-state index in [1.54, 1.807) is 43.6 Å². The molecule has 10 heteroatoms. The molecule has 0 aliphatic heterocycles. The van der Waals surface area contributed by atoms with E-state index in [0.29, 0.717) is 33.7 Å². The molecule has 4 rings (SSSR count). The Bertz CT molecular complexity index is 1170. The van der Waals surface area contributed by atoms with Gasteiger partial charge >= 0.3 is 0 Å². The highest BCUT2D eigenvalue weighted by Gasteiger charge is 2.13. The normalized spacial score (nSPS) is 10.7. The number of imidazole rings is 1. The number of benzene rings is 1. The Morgan fingerprint density at radius 2 is 1.86 bits per heavy atom. The lowest BCUT2D eigenvalue weighted by molar-refractivity contribution is 0.103. The molecule has 0 aliphatic rings. The molecule has 3 heterocycles. The fourth-order valence-corrected chi connectivity index (χ4v) is 3.15. The van der Waals surface area contributed by atoms with Crippen LogP contribution in [0.5, 0.6) is 11.6 Å². The molecule has 4 aromatic rings. The maximum atomic E-state index is 12.2. The molecular weight excluding hydrogens is 390 g/mol. The summed E-state index contributed by atoms with van der Waals surface area (Å²) in [5.74, 6) is 1.42. The predicted molar refractivity (Wildman–Crippen MR) is 108 cm³/mol. The number of amides is 1. The van der Waals surface area contributed by atoms with Crippen molar-refractivity contribution in [3.8, 4) is 17.4 Å². The number of carbonyl (C=O) groups excluding carboxylic acids is 1. The Morgan fingerprint density at radius 1 is 1.07 bits per heavy atom. The largest absolute Gasteiger partial charge is 0.439 e. The molecule has 1 aromatic carbocycles. The van der Waals surface area contributed by atoms with Crippen molar-refractivity contribution in [3.63, 3.8) is 0 Å². The number of ether oxygens (including phenoxy) is 1. The molecule has 0 bridgehead atoms. The monoisotopic (exact) mass is 407 g/mol. The molecule has 0 unspecified atom stereocenters. The molecule has 0 saturated carbocycles. The summed E-state index contributed by atoms with van der Waals surface area (Å²) in [6.07, 6.45) is 3.16. The van der Waals surface area contributed by atoms with E-state index in [0.717, 1.165) is 22.9 Å². The molecule has 146 valence electrons. The van der Waals surface area contributed by atoms with Crippen molar-refractivity contribution >= 4 is 23.1 Å². The fraction of sp³-hybridized carbons (Fsp3) is 0.158. The van der Waals surface area contributed by atoms with E-state index in [1.807, 2.05) is 18.4 Å². The van der Waals surface area contributed by atoms with Gasteiger partial charge in [0, 0.05) is 17.4 Å². The molecule has 0 saturated heterocycles. The van der Waals surface area contributed by atoms with Crippen LogP contribution in [0.2, 0.25) is 0 Å². The summed E-state index contributed by atoms with van der Waals surface area (Å²) < 4.78 is 11.5. The second-order valence-corrected chi connectivity index (χ2v) is 7.02. The Kier molecular flexibility index (Phi) is 5.00. The van der Waals surface area contributed by atoms with Gasteiger partial charge in [0.25, 0.3) is 5.91 Å². The zero-order valence-corrected chi connectivity index (χ0v) is 16.8. The van der Waals surface area contributed by atoms with Crippen molar-refractivity contribution in [2.45, 2.75) is 20.8 Å². The highest BCUT2D eigenvalue weighted by molar-refractivity contribution is 7.08. The van der Waals surface area contributed by atoms with Crippen LogP contribution in [0.25, 0.3) is 5.82 Å². The average Bonchev–Trinajstić information content (AvgIpc) is 3.29. The van der Waals surface area contributed by atoms with Gasteiger partial charge < -0.3 is 10.1 Å². The molecule has 1 amide bonds. The SMILES string of the molecule is Cc1nnsc1C(=O)Nc1ccc(Oc2cc(-n3cnc(C)c3C)ncn2)cc1. The minimum Gasteiger partial charge on any atom is -0.439 e. The maximum Gasteiger partial charge on any atom is 0.269 e. The first kappa shape index (κ1) is 18.7. The first-order valence-corrected chi connectivity index (χ1v) is 9.50. The van der Waals surface area contributed by atoms with Crippen LogP contribution in [0.4, 0.5) is 5.69 Å². The fourth-order valence-electron chi connectivity index (χ4n) is 2.60. The van der Waals surface area contributed by atoms with Crippen molar-refractivity contribution in [1.29, 1.82) is 0 Å². The second-order valence-electron chi connectivity index (χ2n) is 6.27. The predicted octanol–water partition coefficient (Wildman–Crippen LogP) is 3.48.